The van der Waals surface area contributed by atoms with Crippen molar-refractivity contribution >= 4 is 28.6 Å². The van der Waals surface area contributed by atoms with Gasteiger partial charge in [-0.05, 0) is 19.1 Å². The number of methoxy groups -OCH3 is 1. The first-order chi connectivity index (χ1) is 16.4. The van der Waals surface area contributed by atoms with E-state index in [-0.39, 0.29) is 17.0 Å². The van der Waals surface area contributed by atoms with Gasteiger partial charge in [-0.15, -0.1) is 0 Å². The molecule has 0 aliphatic carbocycles. The molecule has 1 saturated heterocycles. The maximum Gasteiger partial charge on any atom is 0.324 e. The van der Waals surface area contributed by atoms with E-state index < -0.39 is 11.1 Å². The van der Waals surface area contributed by atoms with Crippen molar-refractivity contribution in [3.05, 3.63) is 30.0 Å². The monoisotopic (exact) mass is 489 g/mol. The first-order valence-corrected chi connectivity index (χ1v) is 12.0. The number of piperidine rings is 1. The fourth-order valence-corrected chi connectivity index (χ4v) is 3.92. The van der Waals surface area contributed by atoms with E-state index >= 15 is 0 Å². The van der Waals surface area contributed by atoms with Gasteiger partial charge >= 0.3 is 6.01 Å². The molecule has 2 N–H and O–H groups in total. The van der Waals surface area contributed by atoms with Crippen LogP contribution in [0.3, 0.4) is 0 Å². The molecule has 1 atom stereocenters. The molecular weight excluding hydrogens is 462 g/mol. The summed E-state index contributed by atoms with van der Waals surface area (Å²) in [5, 5.41) is 7.25. The fraction of sp³-hybridized carbons (Fsp3) is 0.476. The molecule has 1 aliphatic heterocycles. The van der Waals surface area contributed by atoms with Gasteiger partial charge in [0.15, 0.2) is 16.7 Å². The number of aryl methyl sites for hydroxylation is 1. The van der Waals surface area contributed by atoms with Crippen molar-refractivity contribution in [3.63, 3.8) is 0 Å². The summed E-state index contributed by atoms with van der Waals surface area (Å²) in [5.41, 5.74) is 1.16. The van der Waals surface area contributed by atoms with E-state index in [0.29, 0.717) is 53.8 Å². The normalized spacial score (nSPS) is 15.4. The highest BCUT2D eigenvalue weighted by molar-refractivity contribution is 7.79. The lowest BCUT2D eigenvalue weighted by Gasteiger charge is -2.30. The van der Waals surface area contributed by atoms with Gasteiger partial charge in [-0.25, -0.2) is 14.2 Å². The van der Waals surface area contributed by atoms with E-state index in [9.17, 15) is 8.76 Å². The number of rotatable bonds is 8. The zero-order chi connectivity index (χ0) is 24.2. The van der Waals surface area contributed by atoms with Crippen LogP contribution in [0.5, 0.6) is 11.6 Å². The average molecular weight is 490 g/mol. The Morgan fingerprint density at radius 1 is 1.24 bits per heavy atom. The van der Waals surface area contributed by atoms with Gasteiger partial charge < -0.3 is 28.8 Å². The fourth-order valence-electron chi connectivity index (χ4n) is 3.52. The van der Waals surface area contributed by atoms with Gasteiger partial charge in [0.1, 0.15) is 12.4 Å². The van der Waals surface area contributed by atoms with E-state index in [1.807, 2.05) is 13.8 Å². The number of ether oxygens (including phenoxy) is 2. The van der Waals surface area contributed by atoms with Crippen molar-refractivity contribution in [1.29, 1.82) is 0 Å². The van der Waals surface area contributed by atoms with E-state index in [1.54, 1.807) is 13.0 Å². The second-order valence-corrected chi connectivity index (χ2v) is 9.03. The molecule has 0 spiro atoms. The molecule has 0 bridgehead atoms. The summed E-state index contributed by atoms with van der Waals surface area (Å²) in [6.45, 7) is 7.21. The lowest BCUT2D eigenvalue weighted by atomic mass is 10.1. The molecule has 182 valence electrons. The number of anilines is 3. The van der Waals surface area contributed by atoms with Crippen LogP contribution in [0.25, 0.3) is 0 Å². The predicted molar refractivity (Wildman–Crippen MR) is 124 cm³/mol. The third-order valence-electron chi connectivity index (χ3n) is 5.41. The second kappa shape index (κ2) is 10.3. The van der Waals surface area contributed by atoms with Crippen LogP contribution >= 0.6 is 0 Å². The number of hydrogen-bond donors (Lipinski definition) is 2. The molecule has 1 fully saturated rings. The van der Waals surface area contributed by atoms with Gasteiger partial charge in [-0.1, -0.05) is 19.0 Å². The minimum Gasteiger partial charge on any atom is -0.489 e. The maximum absolute atomic E-state index is 11.2. The van der Waals surface area contributed by atoms with Crippen molar-refractivity contribution in [1.82, 2.24) is 25.1 Å². The molecule has 0 saturated carbocycles. The highest BCUT2D eigenvalue weighted by atomic mass is 32.2. The van der Waals surface area contributed by atoms with Crippen LogP contribution in [0.1, 0.15) is 44.1 Å². The standard InChI is InChI=1S/C21H27N7O5S/c1-12(2)18-26-21(33-27-18)28-9-7-14(8-10-28)32-20-17(31-4)19(22-11-23-20)25-15-5-6-16(34(29)30)24-13(15)3/h5-6,11-12,14H,7-10H2,1-4H3,(H,29,30)(H,22,23,25). The zero-order valence-electron chi connectivity index (χ0n) is 19.4. The van der Waals surface area contributed by atoms with Crippen LogP contribution in [0.2, 0.25) is 0 Å². The van der Waals surface area contributed by atoms with Gasteiger partial charge in [0.05, 0.1) is 18.5 Å². The molecule has 3 aromatic rings. The molecule has 0 amide bonds. The van der Waals surface area contributed by atoms with Crippen LogP contribution < -0.4 is 19.7 Å². The van der Waals surface area contributed by atoms with E-state index in [0.717, 1.165) is 12.8 Å². The van der Waals surface area contributed by atoms with Crippen LogP contribution in [-0.4, -0.2) is 60.2 Å². The Labute approximate surface area is 199 Å². The third kappa shape index (κ3) is 5.25. The van der Waals surface area contributed by atoms with Crippen LogP contribution in [0.15, 0.2) is 28.0 Å². The highest BCUT2D eigenvalue weighted by Gasteiger charge is 2.26. The topological polar surface area (TPSA) is 149 Å². The van der Waals surface area contributed by atoms with E-state index in [4.69, 9.17) is 14.0 Å². The van der Waals surface area contributed by atoms with Gasteiger partial charge in [0.2, 0.25) is 16.8 Å². The molecule has 4 heterocycles. The minimum atomic E-state index is -2.15. The Morgan fingerprint density at radius 3 is 2.62 bits per heavy atom. The van der Waals surface area contributed by atoms with Crippen molar-refractivity contribution in [2.24, 2.45) is 0 Å². The summed E-state index contributed by atoms with van der Waals surface area (Å²) >= 11 is -2.15. The Balaban J connectivity index is 1.43. The molecule has 13 heteroatoms. The number of nitrogens with zero attached hydrogens (tertiary/aromatic N) is 6. The van der Waals surface area contributed by atoms with Crippen molar-refractivity contribution < 1.29 is 22.8 Å². The summed E-state index contributed by atoms with van der Waals surface area (Å²) in [7, 11) is 1.52. The van der Waals surface area contributed by atoms with Gasteiger partial charge in [0.25, 0.3) is 5.88 Å². The summed E-state index contributed by atoms with van der Waals surface area (Å²) in [6, 6.07) is 3.66. The van der Waals surface area contributed by atoms with E-state index in [1.165, 1.54) is 19.5 Å². The molecule has 0 radical (unpaired) electrons. The summed E-state index contributed by atoms with van der Waals surface area (Å²) in [6.07, 6.45) is 2.82. The van der Waals surface area contributed by atoms with Gasteiger partial charge in [-0.3, -0.25) is 0 Å². The molecule has 12 nitrogen and oxygen atoms in total. The number of hydrogen-bond acceptors (Lipinski definition) is 11. The lowest BCUT2D eigenvalue weighted by molar-refractivity contribution is 0.155. The summed E-state index contributed by atoms with van der Waals surface area (Å²) in [5.74, 6) is 2.00. The molecule has 1 aliphatic rings. The highest BCUT2D eigenvalue weighted by Crippen LogP contribution is 2.35. The summed E-state index contributed by atoms with van der Waals surface area (Å²) < 4.78 is 37.6. The first kappa shape index (κ1) is 23.8. The van der Waals surface area contributed by atoms with Crippen LogP contribution in [0, 0.1) is 6.92 Å². The molecule has 4 rings (SSSR count). The van der Waals surface area contributed by atoms with Crippen molar-refractivity contribution in [3.8, 4) is 11.6 Å². The molecule has 0 aromatic carbocycles. The van der Waals surface area contributed by atoms with Crippen molar-refractivity contribution in [2.45, 2.75) is 50.7 Å². The molecular formula is C21H27N7O5S. The predicted octanol–water partition coefficient (Wildman–Crippen LogP) is 3.07. The second-order valence-electron chi connectivity index (χ2n) is 8.11. The Hall–Kier alpha value is -3.32. The van der Waals surface area contributed by atoms with Crippen LogP contribution in [0.4, 0.5) is 17.5 Å². The number of nitrogens with one attached hydrogen (secondary N) is 1. The SMILES string of the molecule is COc1c(Nc2ccc(S(=O)O)nc2C)ncnc1OC1CCN(c2nc(C(C)C)no2)CC1. The van der Waals surface area contributed by atoms with Gasteiger partial charge in [-0.2, -0.15) is 9.97 Å². The largest absolute Gasteiger partial charge is 0.489 e. The number of aromatic nitrogens is 5. The van der Waals surface area contributed by atoms with E-state index in [2.05, 4.69) is 35.3 Å². The average Bonchev–Trinajstić information content (AvgIpc) is 3.32. The minimum absolute atomic E-state index is 0.0670. The Morgan fingerprint density at radius 2 is 2.00 bits per heavy atom. The quantitative estimate of drug-likeness (QED) is 0.448. The molecule has 34 heavy (non-hydrogen) atoms. The van der Waals surface area contributed by atoms with Gasteiger partial charge in [0, 0.05) is 31.8 Å². The lowest BCUT2D eigenvalue weighted by Crippen LogP contribution is -2.38. The molecule has 1 unspecified atom stereocenters. The third-order valence-corrected chi connectivity index (χ3v) is 5.99. The Kier molecular flexibility index (Phi) is 7.22. The zero-order valence-corrected chi connectivity index (χ0v) is 20.2. The summed E-state index contributed by atoms with van der Waals surface area (Å²) in [4.78, 5) is 19.2. The number of pyridine rings is 1. The maximum atomic E-state index is 11.2. The van der Waals surface area contributed by atoms with Crippen LogP contribution in [-0.2, 0) is 11.1 Å². The first-order valence-electron chi connectivity index (χ1n) is 10.9. The smallest absolute Gasteiger partial charge is 0.324 e. The molecule has 3 aromatic heterocycles. The Bertz CT molecular complexity index is 1160. The van der Waals surface area contributed by atoms with Crippen molar-refractivity contribution in [2.75, 3.05) is 30.4 Å².